The molecule has 21 heavy (non-hydrogen) atoms. The molecule has 0 saturated carbocycles. The van der Waals surface area contributed by atoms with Crippen LogP contribution in [-0.4, -0.2) is 25.2 Å². The lowest BCUT2D eigenvalue weighted by molar-refractivity contribution is 0.199. The molecule has 0 atom stereocenters. The van der Waals surface area contributed by atoms with Gasteiger partial charge in [-0.15, -0.1) is 0 Å². The summed E-state index contributed by atoms with van der Waals surface area (Å²) in [6, 6.07) is 8.65. The first-order valence-electron chi connectivity index (χ1n) is 6.47. The van der Waals surface area contributed by atoms with E-state index in [0.29, 0.717) is 28.1 Å². The molecule has 0 saturated heterocycles. The molecule has 0 bridgehead atoms. The van der Waals surface area contributed by atoms with Gasteiger partial charge >= 0.3 is 0 Å². The molecule has 3 nitrogen and oxygen atoms in total. The largest absolute Gasteiger partial charge is 0.383 e. The van der Waals surface area contributed by atoms with Gasteiger partial charge in [0.25, 0.3) is 0 Å². The summed E-state index contributed by atoms with van der Waals surface area (Å²) in [6.45, 7) is 1.97. The molecule has 2 rings (SSSR count). The van der Waals surface area contributed by atoms with Gasteiger partial charge in [0.1, 0.15) is 10.8 Å². The van der Waals surface area contributed by atoms with Gasteiger partial charge < -0.3 is 10.1 Å². The summed E-state index contributed by atoms with van der Waals surface area (Å²) >= 11 is 7.25. The molecule has 0 unspecified atom stereocenters. The molecule has 0 aliphatic rings. The van der Waals surface area contributed by atoms with Crippen molar-refractivity contribution in [1.29, 1.82) is 0 Å². The van der Waals surface area contributed by atoms with Crippen LogP contribution in [0, 0.1) is 5.82 Å². The molecule has 1 aromatic carbocycles. The number of hydrogen-bond acceptors (Lipinski definition) is 4. The minimum atomic E-state index is -0.271. The van der Waals surface area contributed by atoms with E-state index in [1.54, 1.807) is 31.5 Å². The molecule has 0 aliphatic heterocycles. The third kappa shape index (κ3) is 4.97. The number of ether oxygens (including phenoxy) is 1. The lowest BCUT2D eigenvalue weighted by atomic mass is 10.2. The quantitative estimate of drug-likeness (QED) is 0.786. The predicted molar refractivity (Wildman–Crippen MR) is 83.4 cm³/mol. The maximum absolute atomic E-state index is 14.1. The van der Waals surface area contributed by atoms with Crippen molar-refractivity contribution in [3.8, 4) is 0 Å². The lowest BCUT2D eigenvalue weighted by Gasteiger charge is -2.07. The Morgan fingerprint density at radius 2 is 2.24 bits per heavy atom. The minimum Gasteiger partial charge on any atom is -0.383 e. The maximum atomic E-state index is 14.1. The van der Waals surface area contributed by atoms with Gasteiger partial charge in [-0.1, -0.05) is 29.4 Å². The summed E-state index contributed by atoms with van der Waals surface area (Å²) < 4.78 is 19.0. The van der Waals surface area contributed by atoms with Crippen LogP contribution in [0.3, 0.4) is 0 Å². The topological polar surface area (TPSA) is 34.1 Å². The maximum Gasteiger partial charge on any atom is 0.137 e. The number of nitrogens with one attached hydrogen (secondary N) is 1. The van der Waals surface area contributed by atoms with Gasteiger partial charge in [0, 0.05) is 31.3 Å². The van der Waals surface area contributed by atoms with Gasteiger partial charge in [0.15, 0.2) is 0 Å². The Morgan fingerprint density at radius 1 is 1.38 bits per heavy atom. The van der Waals surface area contributed by atoms with Crippen molar-refractivity contribution < 1.29 is 9.13 Å². The first-order valence-corrected chi connectivity index (χ1v) is 7.66. The van der Waals surface area contributed by atoms with E-state index < -0.39 is 0 Å². The number of nitrogens with zero attached hydrogens (tertiary/aromatic N) is 1. The van der Waals surface area contributed by atoms with Crippen LogP contribution >= 0.6 is 23.4 Å². The Morgan fingerprint density at radius 3 is 2.95 bits per heavy atom. The molecule has 1 N–H and O–H groups in total. The molecule has 0 spiro atoms. The highest BCUT2D eigenvalue weighted by Gasteiger charge is 2.09. The summed E-state index contributed by atoms with van der Waals surface area (Å²) in [5.41, 5.74) is 0.889. The average Bonchev–Trinajstić information content (AvgIpc) is 2.48. The molecule has 112 valence electrons. The first kappa shape index (κ1) is 16.2. The zero-order chi connectivity index (χ0) is 15.1. The summed E-state index contributed by atoms with van der Waals surface area (Å²) in [6.07, 6.45) is 1.64. The second-order valence-electron chi connectivity index (χ2n) is 4.33. The normalized spacial score (nSPS) is 10.8. The van der Waals surface area contributed by atoms with E-state index >= 15 is 0 Å². The fraction of sp³-hybridized carbons (Fsp3) is 0.267. The van der Waals surface area contributed by atoms with Crippen molar-refractivity contribution in [3.05, 3.63) is 52.9 Å². The monoisotopic (exact) mass is 326 g/mol. The van der Waals surface area contributed by atoms with E-state index in [4.69, 9.17) is 16.3 Å². The second-order valence-corrected chi connectivity index (χ2v) is 5.76. The number of aromatic nitrogens is 1. The van der Waals surface area contributed by atoms with Crippen LogP contribution in [-0.2, 0) is 11.3 Å². The fourth-order valence-electron chi connectivity index (χ4n) is 1.69. The molecule has 0 aliphatic carbocycles. The number of pyridine rings is 1. The highest BCUT2D eigenvalue weighted by Crippen LogP contribution is 2.33. The zero-order valence-corrected chi connectivity index (χ0v) is 13.2. The van der Waals surface area contributed by atoms with Crippen molar-refractivity contribution in [2.45, 2.75) is 16.5 Å². The van der Waals surface area contributed by atoms with Crippen LogP contribution < -0.4 is 5.32 Å². The van der Waals surface area contributed by atoms with E-state index in [-0.39, 0.29) is 5.82 Å². The van der Waals surface area contributed by atoms with Crippen molar-refractivity contribution in [2.24, 2.45) is 0 Å². The molecule has 0 fully saturated rings. The zero-order valence-electron chi connectivity index (χ0n) is 11.6. The number of rotatable bonds is 7. The summed E-state index contributed by atoms with van der Waals surface area (Å²) in [4.78, 5) is 4.66. The van der Waals surface area contributed by atoms with E-state index in [1.807, 2.05) is 6.07 Å². The Labute approximate surface area is 132 Å². The number of hydrogen-bond donors (Lipinski definition) is 1. The Hall–Kier alpha value is -1.14. The fourth-order valence-corrected chi connectivity index (χ4v) is 2.71. The highest BCUT2D eigenvalue weighted by atomic mass is 35.5. The van der Waals surface area contributed by atoms with Crippen molar-refractivity contribution in [2.75, 3.05) is 20.3 Å². The highest BCUT2D eigenvalue weighted by molar-refractivity contribution is 7.99. The summed E-state index contributed by atoms with van der Waals surface area (Å²) in [5.74, 6) is -0.271. The summed E-state index contributed by atoms with van der Waals surface area (Å²) in [7, 11) is 1.65. The van der Waals surface area contributed by atoms with Crippen LogP contribution in [0.4, 0.5) is 4.39 Å². The Bertz CT molecular complexity index is 598. The molecule has 1 heterocycles. The van der Waals surface area contributed by atoms with Crippen molar-refractivity contribution >= 4 is 23.4 Å². The number of halogens is 2. The molecular weight excluding hydrogens is 311 g/mol. The minimum absolute atomic E-state index is 0.271. The van der Waals surface area contributed by atoms with Crippen LogP contribution in [0.25, 0.3) is 0 Å². The molecule has 6 heteroatoms. The Kier molecular flexibility index (Phi) is 6.45. The third-order valence-electron chi connectivity index (χ3n) is 2.74. The molecular formula is C15H16ClFN2OS. The molecule has 0 radical (unpaired) electrons. The third-order valence-corrected chi connectivity index (χ3v) is 4.23. The molecule has 2 aromatic rings. The average molecular weight is 327 g/mol. The Balaban J connectivity index is 2.01. The van der Waals surface area contributed by atoms with E-state index in [9.17, 15) is 4.39 Å². The standard InChI is InChI=1S/C15H16ClFN2OS/c1-20-8-7-18-10-11-4-5-14(13(17)9-11)21-15-12(16)3-2-6-19-15/h2-6,9,18H,7-8,10H2,1H3. The van der Waals surface area contributed by atoms with E-state index in [1.165, 1.54) is 17.8 Å². The first-order chi connectivity index (χ1) is 10.2. The second kappa shape index (κ2) is 8.34. The number of methoxy groups -OCH3 is 1. The smallest absolute Gasteiger partial charge is 0.137 e. The summed E-state index contributed by atoms with van der Waals surface area (Å²) in [5, 5.41) is 4.30. The molecule has 0 amide bonds. The van der Waals surface area contributed by atoms with Gasteiger partial charge in [-0.2, -0.15) is 0 Å². The molecule has 1 aromatic heterocycles. The van der Waals surface area contributed by atoms with E-state index in [2.05, 4.69) is 10.3 Å². The van der Waals surface area contributed by atoms with Crippen LogP contribution in [0.5, 0.6) is 0 Å². The van der Waals surface area contributed by atoms with Gasteiger partial charge in [-0.3, -0.25) is 0 Å². The van der Waals surface area contributed by atoms with Gasteiger partial charge in [-0.05, 0) is 29.8 Å². The van der Waals surface area contributed by atoms with Crippen LogP contribution in [0.15, 0.2) is 46.5 Å². The van der Waals surface area contributed by atoms with Crippen molar-refractivity contribution in [1.82, 2.24) is 10.3 Å². The van der Waals surface area contributed by atoms with Gasteiger partial charge in [-0.25, -0.2) is 9.37 Å². The van der Waals surface area contributed by atoms with Gasteiger partial charge in [0.05, 0.1) is 11.6 Å². The van der Waals surface area contributed by atoms with E-state index in [0.717, 1.165) is 12.1 Å². The van der Waals surface area contributed by atoms with Gasteiger partial charge in [0.2, 0.25) is 0 Å². The lowest BCUT2D eigenvalue weighted by Crippen LogP contribution is -2.18. The van der Waals surface area contributed by atoms with Crippen LogP contribution in [0.1, 0.15) is 5.56 Å². The van der Waals surface area contributed by atoms with Crippen molar-refractivity contribution in [3.63, 3.8) is 0 Å². The SMILES string of the molecule is COCCNCc1ccc(Sc2ncccc2Cl)c(F)c1. The number of benzene rings is 1. The predicted octanol–water partition coefficient (Wildman–Crippen LogP) is 3.76. The van der Waals surface area contributed by atoms with Crippen LogP contribution in [0.2, 0.25) is 5.02 Å².